The predicted octanol–water partition coefficient (Wildman–Crippen LogP) is 3.69. The van der Waals surface area contributed by atoms with E-state index in [0.717, 1.165) is 11.3 Å². The van der Waals surface area contributed by atoms with Crippen molar-refractivity contribution < 1.29 is 4.74 Å². The van der Waals surface area contributed by atoms with Crippen LogP contribution in [0.4, 0.5) is 0 Å². The van der Waals surface area contributed by atoms with Crippen molar-refractivity contribution >= 4 is 11.6 Å². The van der Waals surface area contributed by atoms with Crippen molar-refractivity contribution in [1.29, 1.82) is 0 Å². The van der Waals surface area contributed by atoms with Gasteiger partial charge in [0, 0.05) is 5.02 Å². The zero-order valence-corrected chi connectivity index (χ0v) is 15.2. The van der Waals surface area contributed by atoms with Gasteiger partial charge in [-0.15, -0.1) is 0 Å². The first-order chi connectivity index (χ1) is 12.0. The van der Waals surface area contributed by atoms with Crippen molar-refractivity contribution in [2.45, 2.75) is 27.3 Å². The number of aromatic nitrogens is 3. The van der Waals surface area contributed by atoms with Gasteiger partial charge in [-0.05, 0) is 62.2 Å². The average Bonchev–Trinajstić information content (AvgIpc) is 2.87. The minimum atomic E-state index is -0.190. The minimum absolute atomic E-state index is 0.190. The van der Waals surface area contributed by atoms with E-state index in [9.17, 15) is 4.79 Å². The van der Waals surface area contributed by atoms with Gasteiger partial charge in [0.05, 0.1) is 12.2 Å². The molecular weight excluding hydrogens is 338 g/mol. The third-order valence-electron chi connectivity index (χ3n) is 4.25. The molecule has 0 aliphatic rings. The number of halogens is 1. The van der Waals surface area contributed by atoms with Gasteiger partial charge in [0.15, 0.2) is 0 Å². The van der Waals surface area contributed by atoms with Crippen molar-refractivity contribution in [2.75, 3.05) is 6.61 Å². The summed E-state index contributed by atoms with van der Waals surface area (Å²) in [6, 6.07) is 13.0. The van der Waals surface area contributed by atoms with Crippen molar-refractivity contribution in [2.24, 2.45) is 0 Å². The summed E-state index contributed by atoms with van der Waals surface area (Å²) in [5, 5.41) is 4.96. The number of rotatable bonds is 5. The van der Waals surface area contributed by atoms with Crippen molar-refractivity contribution in [3.8, 4) is 11.4 Å². The molecule has 2 aromatic carbocycles. The van der Waals surface area contributed by atoms with Gasteiger partial charge in [-0.3, -0.25) is 4.57 Å². The maximum atomic E-state index is 12.6. The lowest BCUT2D eigenvalue weighted by Crippen LogP contribution is -2.26. The van der Waals surface area contributed by atoms with Crippen LogP contribution in [0.3, 0.4) is 0 Å². The molecule has 1 heterocycles. The SMILES string of the molecule is Cc1cccc(OCCn2c(C)nn(-c3ccc(Cl)cc3)c2=O)c1C. The highest BCUT2D eigenvalue weighted by Gasteiger charge is 2.12. The van der Waals surface area contributed by atoms with Crippen LogP contribution in [0.5, 0.6) is 5.75 Å². The number of hydrogen-bond acceptors (Lipinski definition) is 3. The summed E-state index contributed by atoms with van der Waals surface area (Å²) in [7, 11) is 0. The minimum Gasteiger partial charge on any atom is -0.491 e. The maximum absolute atomic E-state index is 12.6. The number of nitrogens with zero attached hydrogens (tertiary/aromatic N) is 3. The molecular formula is C19H20ClN3O2. The van der Waals surface area contributed by atoms with Gasteiger partial charge in [0.2, 0.25) is 0 Å². The first-order valence-electron chi connectivity index (χ1n) is 8.09. The Balaban J connectivity index is 1.76. The van der Waals surface area contributed by atoms with E-state index < -0.39 is 0 Å². The summed E-state index contributed by atoms with van der Waals surface area (Å²) < 4.78 is 8.84. The lowest BCUT2D eigenvalue weighted by molar-refractivity contribution is 0.293. The first kappa shape index (κ1) is 17.3. The van der Waals surface area contributed by atoms with Gasteiger partial charge in [-0.2, -0.15) is 9.78 Å². The molecule has 0 spiro atoms. The monoisotopic (exact) mass is 357 g/mol. The number of ether oxygens (including phenoxy) is 1. The molecule has 0 unspecified atom stereocenters. The molecule has 25 heavy (non-hydrogen) atoms. The summed E-state index contributed by atoms with van der Waals surface area (Å²) in [6.45, 7) is 6.72. The lowest BCUT2D eigenvalue weighted by Gasteiger charge is -2.11. The van der Waals surface area contributed by atoms with E-state index >= 15 is 0 Å². The Hall–Kier alpha value is -2.53. The van der Waals surface area contributed by atoms with E-state index in [1.165, 1.54) is 10.2 Å². The maximum Gasteiger partial charge on any atom is 0.350 e. The van der Waals surface area contributed by atoms with Crippen molar-refractivity contribution in [1.82, 2.24) is 14.3 Å². The normalized spacial score (nSPS) is 10.9. The molecule has 1 aromatic heterocycles. The second kappa shape index (κ2) is 7.15. The molecule has 3 rings (SSSR count). The highest BCUT2D eigenvalue weighted by atomic mass is 35.5. The molecule has 0 N–H and O–H groups in total. The van der Waals surface area contributed by atoms with E-state index in [1.807, 2.05) is 39.0 Å². The van der Waals surface area contributed by atoms with Crippen LogP contribution in [0.25, 0.3) is 5.69 Å². The molecule has 0 radical (unpaired) electrons. The van der Waals surface area contributed by atoms with Crippen LogP contribution in [0, 0.1) is 20.8 Å². The molecule has 3 aromatic rings. The Morgan fingerprint density at radius 3 is 2.52 bits per heavy atom. The van der Waals surface area contributed by atoms with E-state index in [4.69, 9.17) is 16.3 Å². The molecule has 0 saturated heterocycles. The van der Waals surface area contributed by atoms with Gasteiger partial charge >= 0.3 is 5.69 Å². The summed E-state index contributed by atoms with van der Waals surface area (Å²) in [5.41, 5.74) is 2.79. The van der Waals surface area contributed by atoms with Crippen LogP contribution in [0.1, 0.15) is 17.0 Å². The fraction of sp³-hybridized carbons (Fsp3) is 0.263. The highest BCUT2D eigenvalue weighted by molar-refractivity contribution is 6.30. The zero-order valence-electron chi connectivity index (χ0n) is 14.5. The molecule has 0 atom stereocenters. The van der Waals surface area contributed by atoms with E-state index in [1.54, 1.807) is 28.8 Å². The molecule has 0 aliphatic heterocycles. The summed E-state index contributed by atoms with van der Waals surface area (Å²) in [4.78, 5) is 12.6. The molecule has 130 valence electrons. The molecule has 0 fully saturated rings. The van der Waals surface area contributed by atoms with Gasteiger partial charge in [0.25, 0.3) is 0 Å². The zero-order chi connectivity index (χ0) is 18.0. The van der Waals surface area contributed by atoms with Gasteiger partial charge in [0.1, 0.15) is 18.2 Å². The van der Waals surface area contributed by atoms with Crippen LogP contribution < -0.4 is 10.4 Å². The fourth-order valence-electron chi connectivity index (χ4n) is 2.63. The summed E-state index contributed by atoms with van der Waals surface area (Å²) in [5.74, 6) is 1.49. The third kappa shape index (κ3) is 3.61. The Morgan fingerprint density at radius 2 is 1.80 bits per heavy atom. The molecule has 0 saturated carbocycles. The first-order valence-corrected chi connectivity index (χ1v) is 8.46. The molecule has 0 aliphatic carbocycles. The second-order valence-corrected chi connectivity index (χ2v) is 6.35. The Bertz CT molecular complexity index is 942. The van der Waals surface area contributed by atoms with Crippen molar-refractivity contribution in [3.63, 3.8) is 0 Å². The van der Waals surface area contributed by atoms with Crippen LogP contribution in [0.2, 0.25) is 5.02 Å². The van der Waals surface area contributed by atoms with E-state index in [0.29, 0.717) is 29.7 Å². The number of hydrogen-bond donors (Lipinski definition) is 0. The Kier molecular flexibility index (Phi) is 4.95. The second-order valence-electron chi connectivity index (χ2n) is 5.92. The van der Waals surface area contributed by atoms with Gasteiger partial charge in [-0.25, -0.2) is 4.79 Å². The predicted molar refractivity (Wildman–Crippen MR) is 99.0 cm³/mol. The molecule has 0 amide bonds. The topological polar surface area (TPSA) is 49.0 Å². The number of aryl methyl sites for hydroxylation is 2. The molecule has 0 bridgehead atoms. The van der Waals surface area contributed by atoms with E-state index in [2.05, 4.69) is 5.10 Å². The van der Waals surface area contributed by atoms with Crippen LogP contribution >= 0.6 is 11.6 Å². The summed E-state index contributed by atoms with van der Waals surface area (Å²) >= 11 is 5.90. The van der Waals surface area contributed by atoms with Gasteiger partial charge in [-0.1, -0.05) is 23.7 Å². The quantitative estimate of drug-likeness (QED) is 0.699. The average molecular weight is 358 g/mol. The molecule has 6 heteroatoms. The smallest absolute Gasteiger partial charge is 0.350 e. The van der Waals surface area contributed by atoms with Crippen LogP contribution in [-0.4, -0.2) is 21.0 Å². The fourth-order valence-corrected chi connectivity index (χ4v) is 2.76. The van der Waals surface area contributed by atoms with Crippen LogP contribution in [0.15, 0.2) is 47.3 Å². The molecule has 5 nitrogen and oxygen atoms in total. The van der Waals surface area contributed by atoms with E-state index in [-0.39, 0.29) is 5.69 Å². The largest absolute Gasteiger partial charge is 0.491 e. The lowest BCUT2D eigenvalue weighted by atomic mass is 10.1. The Labute approximate surface area is 151 Å². The standard InChI is InChI=1S/C19H20ClN3O2/c1-13-5-4-6-18(14(13)2)25-12-11-22-15(3)21-23(19(22)24)17-9-7-16(20)8-10-17/h4-10H,11-12H2,1-3H3. The third-order valence-corrected chi connectivity index (χ3v) is 4.50. The van der Waals surface area contributed by atoms with Gasteiger partial charge < -0.3 is 4.74 Å². The Morgan fingerprint density at radius 1 is 1.08 bits per heavy atom. The summed E-state index contributed by atoms with van der Waals surface area (Å²) in [6.07, 6.45) is 0. The number of benzene rings is 2. The van der Waals surface area contributed by atoms with Crippen molar-refractivity contribution in [3.05, 3.63) is 74.9 Å². The van der Waals surface area contributed by atoms with Crippen LogP contribution in [-0.2, 0) is 6.54 Å². The highest BCUT2D eigenvalue weighted by Crippen LogP contribution is 2.20.